The zero-order valence-electron chi connectivity index (χ0n) is 13.4. The van der Waals surface area contributed by atoms with E-state index in [-0.39, 0.29) is 18.0 Å². The Balaban J connectivity index is 2.05. The van der Waals surface area contributed by atoms with Crippen LogP contribution in [-0.2, 0) is 4.79 Å². The molecule has 0 fully saturated rings. The molecule has 0 bridgehead atoms. The number of para-hydroxylation sites is 1. The second-order valence-corrected chi connectivity index (χ2v) is 6.35. The van der Waals surface area contributed by atoms with Crippen molar-refractivity contribution in [3.8, 4) is 0 Å². The lowest BCUT2D eigenvalue weighted by atomic mass is 10.1. The van der Waals surface area contributed by atoms with E-state index in [2.05, 4.69) is 5.32 Å². The summed E-state index contributed by atoms with van der Waals surface area (Å²) >= 11 is 12.1. The molecule has 2 rings (SSSR count). The predicted octanol–water partition coefficient (Wildman–Crippen LogP) is 4.70. The van der Waals surface area contributed by atoms with E-state index in [0.29, 0.717) is 10.0 Å². The van der Waals surface area contributed by atoms with E-state index >= 15 is 0 Å². The third-order valence-electron chi connectivity index (χ3n) is 3.77. The fourth-order valence-electron chi connectivity index (χ4n) is 2.46. The molecule has 0 aliphatic heterocycles. The first kappa shape index (κ1) is 17.8. The average Bonchev–Trinajstić information content (AvgIpc) is 2.54. The SMILES string of the molecule is C[C@H](N[C@H](C)C(=O)N(C)c1ccccc1)c1ccc(Cl)cc1Cl. The molecule has 2 atom stereocenters. The molecule has 122 valence electrons. The highest BCUT2D eigenvalue weighted by Crippen LogP contribution is 2.26. The van der Waals surface area contributed by atoms with Gasteiger partial charge in [0.1, 0.15) is 0 Å². The highest BCUT2D eigenvalue weighted by Gasteiger charge is 2.21. The fourth-order valence-corrected chi connectivity index (χ4v) is 3.03. The number of anilines is 1. The second kappa shape index (κ2) is 7.82. The topological polar surface area (TPSA) is 32.3 Å². The van der Waals surface area contributed by atoms with Crippen LogP contribution in [0.25, 0.3) is 0 Å². The Bertz CT molecular complexity index is 676. The van der Waals surface area contributed by atoms with Crippen molar-refractivity contribution >= 4 is 34.8 Å². The molecule has 0 aliphatic rings. The summed E-state index contributed by atoms with van der Waals surface area (Å²) in [4.78, 5) is 14.2. The van der Waals surface area contributed by atoms with Gasteiger partial charge in [-0.25, -0.2) is 0 Å². The molecule has 1 N–H and O–H groups in total. The standard InChI is InChI=1S/C18H20Cl2N2O/c1-12(16-10-9-14(19)11-17(16)20)21-13(2)18(23)22(3)15-7-5-4-6-8-15/h4-13,21H,1-3H3/t12-,13+/m0/s1. The third-order valence-corrected chi connectivity index (χ3v) is 4.34. The van der Waals surface area contributed by atoms with Crippen molar-refractivity contribution in [2.45, 2.75) is 25.9 Å². The fraction of sp³-hybridized carbons (Fsp3) is 0.278. The van der Waals surface area contributed by atoms with Gasteiger partial charge >= 0.3 is 0 Å². The normalized spacial score (nSPS) is 13.4. The highest BCUT2D eigenvalue weighted by molar-refractivity contribution is 6.35. The summed E-state index contributed by atoms with van der Waals surface area (Å²) in [6.45, 7) is 3.82. The Morgan fingerprint density at radius 2 is 1.74 bits per heavy atom. The van der Waals surface area contributed by atoms with Gasteiger partial charge in [-0.1, -0.05) is 47.5 Å². The van der Waals surface area contributed by atoms with E-state index in [1.165, 1.54) is 0 Å². The van der Waals surface area contributed by atoms with Crippen LogP contribution in [0, 0.1) is 0 Å². The Morgan fingerprint density at radius 3 is 2.35 bits per heavy atom. The van der Waals surface area contributed by atoms with E-state index in [0.717, 1.165) is 11.3 Å². The number of amides is 1. The molecule has 0 radical (unpaired) electrons. The number of likely N-dealkylation sites (N-methyl/N-ethyl adjacent to an activating group) is 1. The molecular formula is C18H20Cl2N2O. The molecule has 0 aromatic heterocycles. The van der Waals surface area contributed by atoms with E-state index in [9.17, 15) is 4.79 Å². The molecule has 2 aromatic rings. The van der Waals surface area contributed by atoms with Crippen LogP contribution in [0.1, 0.15) is 25.5 Å². The molecule has 0 saturated heterocycles. The number of hydrogen-bond acceptors (Lipinski definition) is 2. The van der Waals surface area contributed by atoms with Gasteiger partial charge in [-0.15, -0.1) is 0 Å². The van der Waals surface area contributed by atoms with Crippen molar-refractivity contribution in [3.63, 3.8) is 0 Å². The average molecular weight is 351 g/mol. The summed E-state index contributed by atoms with van der Waals surface area (Å²) < 4.78 is 0. The lowest BCUT2D eigenvalue weighted by Crippen LogP contribution is -2.44. The Hall–Kier alpha value is -1.55. The third kappa shape index (κ3) is 4.47. The van der Waals surface area contributed by atoms with Crippen molar-refractivity contribution in [1.82, 2.24) is 5.32 Å². The van der Waals surface area contributed by atoms with Crippen molar-refractivity contribution < 1.29 is 4.79 Å². The summed E-state index contributed by atoms with van der Waals surface area (Å²) in [5.74, 6) is -0.00636. The minimum absolute atomic E-state index is 0.00636. The molecule has 0 heterocycles. The van der Waals surface area contributed by atoms with Crippen LogP contribution >= 0.6 is 23.2 Å². The lowest BCUT2D eigenvalue weighted by Gasteiger charge is -2.25. The van der Waals surface area contributed by atoms with Crippen LogP contribution < -0.4 is 10.2 Å². The van der Waals surface area contributed by atoms with Crippen LogP contribution in [0.15, 0.2) is 48.5 Å². The van der Waals surface area contributed by atoms with E-state index in [1.807, 2.05) is 50.2 Å². The number of rotatable bonds is 5. The van der Waals surface area contributed by atoms with Gasteiger partial charge in [0.05, 0.1) is 6.04 Å². The molecule has 5 heteroatoms. The van der Waals surface area contributed by atoms with Gasteiger partial charge in [-0.2, -0.15) is 0 Å². The monoisotopic (exact) mass is 350 g/mol. The van der Waals surface area contributed by atoms with Gasteiger partial charge in [0.15, 0.2) is 0 Å². The molecule has 1 amide bonds. The minimum atomic E-state index is -0.345. The van der Waals surface area contributed by atoms with Gasteiger partial charge in [-0.3, -0.25) is 10.1 Å². The predicted molar refractivity (Wildman–Crippen MR) is 97.3 cm³/mol. The van der Waals surface area contributed by atoms with Crippen molar-refractivity contribution in [2.24, 2.45) is 0 Å². The summed E-state index contributed by atoms with van der Waals surface area (Å²) in [5, 5.41) is 4.48. The smallest absolute Gasteiger partial charge is 0.243 e. The van der Waals surface area contributed by atoms with E-state index in [4.69, 9.17) is 23.2 Å². The number of halogens is 2. The number of hydrogen-bond donors (Lipinski definition) is 1. The summed E-state index contributed by atoms with van der Waals surface area (Å²) in [7, 11) is 1.77. The number of carbonyl (C=O) groups is 1. The Kier molecular flexibility index (Phi) is 6.05. The molecule has 0 saturated carbocycles. The minimum Gasteiger partial charge on any atom is -0.314 e. The number of benzene rings is 2. The van der Waals surface area contributed by atoms with Gasteiger partial charge in [0, 0.05) is 28.8 Å². The first-order valence-electron chi connectivity index (χ1n) is 7.43. The van der Waals surface area contributed by atoms with Crippen LogP contribution in [-0.4, -0.2) is 19.0 Å². The molecular weight excluding hydrogens is 331 g/mol. The zero-order valence-corrected chi connectivity index (χ0v) is 14.9. The van der Waals surface area contributed by atoms with E-state index < -0.39 is 0 Å². The highest BCUT2D eigenvalue weighted by atomic mass is 35.5. The summed E-state index contributed by atoms with van der Waals surface area (Å²) in [5.41, 5.74) is 1.78. The Labute approximate surface area is 147 Å². The maximum absolute atomic E-state index is 12.6. The number of nitrogens with one attached hydrogen (secondary N) is 1. The summed E-state index contributed by atoms with van der Waals surface area (Å²) in [6, 6.07) is 14.5. The van der Waals surface area contributed by atoms with Crippen LogP contribution in [0.2, 0.25) is 10.0 Å². The zero-order chi connectivity index (χ0) is 17.0. The van der Waals surface area contributed by atoms with Gasteiger partial charge < -0.3 is 4.90 Å². The van der Waals surface area contributed by atoms with Gasteiger partial charge in [0.25, 0.3) is 0 Å². The van der Waals surface area contributed by atoms with Crippen molar-refractivity contribution in [1.29, 1.82) is 0 Å². The van der Waals surface area contributed by atoms with Gasteiger partial charge in [0.2, 0.25) is 5.91 Å². The number of carbonyl (C=O) groups excluding carboxylic acids is 1. The molecule has 0 spiro atoms. The van der Waals surface area contributed by atoms with Gasteiger partial charge in [-0.05, 0) is 43.7 Å². The number of nitrogens with zero attached hydrogens (tertiary/aromatic N) is 1. The van der Waals surface area contributed by atoms with Crippen LogP contribution in [0.4, 0.5) is 5.69 Å². The first-order valence-corrected chi connectivity index (χ1v) is 8.19. The molecule has 0 unspecified atom stereocenters. The molecule has 0 aliphatic carbocycles. The maximum atomic E-state index is 12.6. The van der Waals surface area contributed by atoms with Crippen LogP contribution in [0.5, 0.6) is 0 Å². The molecule has 2 aromatic carbocycles. The lowest BCUT2D eigenvalue weighted by molar-refractivity contribution is -0.120. The summed E-state index contributed by atoms with van der Waals surface area (Å²) in [6.07, 6.45) is 0. The first-order chi connectivity index (χ1) is 10.9. The quantitative estimate of drug-likeness (QED) is 0.847. The van der Waals surface area contributed by atoms with Crippen molar-refractivity contribution in [3.05, 3.63) is 64.1 Å². The molecule has 23 heavy (non-hydrogen) atoms. The molecule has 3 nitrogen and oxygen atoms in total. The Morgan fingerprint density at radius 1 is 1.09 bits per heavy atom. The van der Waals surface area contributed by atoms with Crippen molar-refractivity contribution in [2.75, 3.05) is 11.9 Å². The van der Waals surface area contributed by atoms with Crippen LogP contribution in [0.3, 0.4) is 0 Å². The maximum Gasteiger partial charge on any atom is 0.243 e. The second-order valence-electron chi connectivity index (χ2n) is 5.51. The van der Waals surface area contributed by atoms with E-state index in [1.54, 1.807) is 24.1 Å². The largest absolute Gasteiger partial charge is 0.314 e.